The van der Waals surface area contributed by atoms with Gasteiger partial charge in [0.05, 0.1) is 24.8 Å². The van der Waals surface area contributed by atoms with E-state index in [4.69, 9.17) is 10.00 Å². The Bertz CT molecular complexity index is 457. The monoisotopic (exact) mass is 311 g/mol. The number of carbonyl (C=O) groups excluding carboxylic acids is 1. The normalized spacial score (nSPS) is 9.61. The molecule has 0 heterocycles. The highest BCUT2D eigenvalue weighted by atomic mass is 79.9. The van der Waals surface area contributed by atoms with Gasteiger partial charge in [-0.3, -0.25) is 4.79 Å². The number of nitriles is 1. The van der Waals surface area contributed by atoms with Crippen LogP contribution in [0.25, 0.3) is 0 Å². The van der Waals surface area contributed by atoms with Crippen molar-refractivity contribution in [2.24, 2.45) is 0 Å². The lowest BCUT2D eigenvalue weighted by Gasteiger charge is -2.09. The summed E-state index contributed by atoms with van der Waals surface area (Å²) in [4.78, 5) is 11.4. The molecule has 6 heteroatoms. The molecule has 0 unspecified atom stereocenters. The van der Waals surface area contributed by atoms with Crippen molar-refractivity contribution in [2.75, 3.05) is 32.1 Å². The van der Waals surface area contributed by atoms with E-state index < -0.39 is 0 Å². The molecule has 5 nitrogen and oxygen atoms in total. The maximum Gasteiger partial charge on any atom is 0.239 e. The average Bonchev–Trinajstić information content (AvgIpc) is 2.37. The van der Waals surface area contributed by atoms with Gasteiger partial charge in [-0.25, -0.2) is 0 Å². The van der Waals surface area contributed by atoms with E-state index in [1.807, 2.05) is 6.07 Å². The molecule has 18 heavy (non-hydrogen) atoms. The van der Waals surface area contributed by atoms with Crippen LogP contribution in [0.1, 0.15) is 5.56 Å². The van der Waals surface area contributed by atoms with Crippen LogP contribution >= 0.6 is 15.9 Å². The maximum absolute atomic E-state index is 11.4. The Hall–Kier alpha value is -1.58. The van der Waals surface area contributed by atoms with Crippen LogP contribution in [0.5, 0.6) is 0 Å². The molecule has 96 valence electrons. The number of benzene rings is 1. The van der Waals surface area contributed by atoms with Crippen LogP contribution < -0.4 is 10.6 Å². The number of hydrogen-bond donors (Lipinski definition) is 2. The first-order valence-electron chi connectivity index (χ1n) is 5.36. The van der Waals surface area contributed by atoms with Crippen LogP contribution in [0.15, 0.2) is 22.7 Å². The number of rotatable bonds is 6. The Labute approximate surface area is 114 Å². The number of ether oxygens (including phenoxy) is 1. The van der Waals surface area contributed by atoms with Crippen LogP contribution in [0.2, 0.25) is 0 Å². The van der Waals surface area contributed by atoms with Crippen LogP contribution in [-0.4, -0.2) is 32.7 Å². The average molecular weight is 312 g/mol. The number of carbonyl (C=O) groups is 1. The fraction of sp³-hybridized carbons (Fsp3) is 0.333. The van der Waals surface area contributed by atoms with Gasteiger partial charge in [-0.2, -0.15) is 5.26 Å². The summed E-state index contributed by atoms with van der Waals surface area (Å²) >= 11 is 3.34. The smallest absolute Gasteiger partial charge is 0.239 e. The third-order valence-corrected chi connectivity index (χ3v) is 2.82. The Morgan fingerprint density at radius 2 is 2.33 bits per heavy atom. The van der Waals surface area contributed by atoms with Gasteiger partial charge in [0.15, 0.2) is 0 Å². The summed E-state index contributed by atoms with van der Waals surface area (Å²) < 4.78 is 5.58. The number of hydrogen-bond acceptors (Lipinski definition) is 4. The SMILES string of the molecule is COCCNC(=O)CNc1ccc(C#N)cc1Br. The molecule has 0 saturated heterocycles. The Kier molecular flexibility index (Phi) is 6.19. The van der Waals surface area contributed by atoms with Gasteiger partial charge < -0.3 is 15.4 Å². The van der Waals surface area contributed by atoms with E-state index in [-0.39, 0.29) is 12.5 Å². The molecule has 1 aromatic rings. The van der Waals surface area contributed by atoms with Crippen LogP contribution in [0.4, 0.5) is 5.69 Å². The highest BCUT2D eigenvalue weighted by Crippen LogP contribution is 2.22. The van der Waals surface area contributed by atoms with Crippen molar-refractivity contribution >= 4 is 27.5 Å². The third-order valence-electron chi connectivity index (χ3n) is 2.17. The number of nitrogens with one attached hydrogen (secondary N) is 2. The van der Waals surface area contributed by atoms with Gasteiger partial charge in [-0.15, -0.1) is 0 Å². The Morgan fingerprint density at radius 3 is 2.94 bits per heavy atom. The van der Waals surface area contributed by atoms with Crippen LogP contribution in [-0.2, 0) is 9.53 Å². The highest BCUT2D eigenvalue weighted by Gasteiger charge is 2.04. The number of nitrogens with zero attached hydrogens (tertiary/aromatic N) is 1. The van der Waals surface area contributed by atoms with Crippen molar-refractivity contribution in [1.82, 2.24) is 5.32 Å². The van der Waals surface area contributed by atoms with Crippen molar-refractivity contribution in [1.29, 1.82) is 5.26 Å². The molecule has 1 rings (SSSR count). The zero-order chi connectivity index (χ0) is 13.4. The lowest BCUT2D eigenvalue weighted by atomic mass is 10.2. The molecular weight excluding hydrogens is 298 g/mol. The van der Waals surface area contributed by atoms with Crippen molar-refractivity contribution in [2.45, 2.75) is 0 Å². The van der Waals surface area contributed by atoms with Crippen molar-refractivity contribution in [3.05, 3.63) is 28.2 Å². The molecule has 0 aliphatic heterocycles. The second-order valence-electron chi connectivity index (χ2n) is 3.50. The number of amides is 1. The minimum atomic E-state index is -0.108. The minimum Gasteiger partial charge on any atom is -0.383 e. The van der Waals surface area contributed by atoms with Gasteiger partial charge in [0.25, 0.3) is 0 Å². The fourth-order valence-corrected chi connectivity index (χ4v) is 1.78. The van der Waals surface area contributed by atoms with Crippen LogP contribution in [0.3, 0.4) is 0 Å². The number of methoxy groups -OCH3 is 1. The first kappa shape index (κ1) is 14.5. The molecule has 0 aromatic heterocycles. The van der Waals surface area contributed by atoms with E-state index in [1.165, 1.54) is 0 Å². The van der Waals surface area contributed by atoms with Gasteiger partial charge in [-0.1, -0.05) is 0 Å². The summed E-state index contributed by atoms with van der Waals surface area (Å²) in [5.41, 5.74) is 1.34. The minimum absolute atomic E-state index is 0.108. The molecule has 2 N–H and O–H groups in total. The highest BCUT2D eigenvalue weighted by molar-refractivity contribution is 9.10. The first-order chi connectivity index (χ1) is 8.67. The first-order valence-corrected chi connectivity index (χ1v) is 6.16. The van der Waals surface area contributed by atoms with E-state index in [0.717, 1.165) is 10.2 Å². The maximum atomic E-state index is 11.4. The summed E-state index contributed by atoms with van der Waals surface area (Å²) in [5, 5.41) is 14.4. The molecule has 0 radical (unpaired) electrons. The Morgan fingerprint density at radius 1 is 1.56 bits per heavy atom. The van der Waals surface area contributed by atoms with Gasteiger partial charge in [0.2, 0.25) is 5.91 Å². The van der Waals surface area contributed by atoms with Gasteiger partial charge in [0, 0.05) is 23.8 Å². The van der Waals surface area contributed by atoms with E-state index in [1.54, 1.807) is 25.3 Å². The predicted octanol–water partition coefficient (Wildman–Crippen LogP) is 1.50. The van der Waals surface area contributed by atoms with E-state index >= 15 is 0 Å². The zero-order valence-electron chi connectivity index (χ0n) is 10.00. The second kappa shape index (κ2) is 7.69. The molecule has 1 amide bonds. The molecule has 1 aromatic carbocycles. The van der Waals surface area contributed by atoms with Crippen molar-refractivity contribution in [3.63, 3.8) is 0 Å². The van der Waals surface area contributed by atoms with Gasteiger partial charge >= 0.3 is 0 Å². The zero-order valence-corrected chi connectivity index (χ0v) is 11.6. The fourth-order valence-electron chi connectivity index (χ4n) is 1.26. The lowest BCUT2D eigenvalue weighted by Crippen LogP contribution is -2.32. The number of halogens is 1. The summed E-state index contributed by atoms with van der Waals surface area (Å²) in [6, 6.07) is 7.19. The predicted molar refractivity (Wildman–Crippen MR) is 72.2 cm³/mol. The lowest BCUT2D eigenvalue weighted by molar-refractivity contribution is -0.119. The largest absolute Gasteiger partial charge is 0.383 e. The standard InChI is InChI=1S/C12H14BrN3O2/c1-18-5-4-15-12(17)8-16-11-3-2-9(7-14)6-10(11)13/h2-3,6,16H,4-5,8H2,1H3,(H,15,17). The molecule has 0 bridgehead atoms. The molecule has 0 spiro atoms. The van der Waals surface area contributed by atoms with Crippen molar-refractivity contribution < 1.29 is 9.53 Å². The van der Waals surface area contributed by atoms with E-state index in [9.17, 15) is 4.79 Å². The molecule has 0 atom stereocenters. The third kappa shape index (κ3) is 4.73. The Balaban J connectivity index is 2.44. The van der Waals surface area contributed by atoms with E-state index in [0.29, 0.717) is 18.7 Å². The molecule has 0 fully saturated rings. The van der Waals surface area contributed by atoms with E-state index in [2.05, 4.69) is 26.6 Å². The van der Waals surface area contributed by atoms with Crippen LogP contribution in [0, 0.1) is 11.3 Å². The number of anilines is 1. The molecule has 0 aliphatic carbocycles. The quantitative estimate of drug-likeness (QED) is 0.781. The summed E-state index contributed by atoms with van der Waals surface area (Å²) in [6.07, 6.45) is 0. The molecule has 0 saturated carbocycles. The molecular formula is C12H14BrN3O2. The summed E-state index contributed by atoms with van der Waals surface area (Å²) in [6.45, 7) is 1.16. The second-order valence-corrected chi connectivity index (χ2v) is 4.36. The van der Waals surface area contributed by atoms with Crippen molar-refractivity contribution in [3.8, 4) is 6.07 Å². The van der Waals surface area contributed by atoms with Gasteiger partial charge in [-0.05, 0) is 34.1 Å². The topological polar surface area (TPSA) is 74.2 Å². The molecule has 0 aliphatic rings. The summed E-state index contributed by atoms with van der Waals surface area (Å²) in [5.74, 6) is -0.108. The summed E-state index contributed by atoms with van der Waals surface area (Å²) in [7, 11) is 1.58. The van der Waals surface area contributed by atoms with Gasteiger partial charge in [0.1, 0.15) is 0 Å².